The van der Waals surface area contributed by atoms with Crippen molar-refractivity contribution in [1.82, 2.24) is 0 Å². The summed E-state index contributed by atoms with van der Waals surface area (Å²) in [5.41, 5.74) is 0.816. The van der Waals surface area contributed by atoms with Crippen LogP contribution in [0, 0.1) is 23.7 Å². The van der Waals surface area contributed by atoms with E-state index in [9.17, 15) is 4.79 Å². The number of unbranched alkanes of at least 4 members (excludes halogenated alkanes) is 1. The number of allylic oxidation sites excluding steroid dienone is 1. The van der Waals surface area contributed by atoms with E-state index in [0.29, 0.717) is 11.8 Å². The van der Waals surface area contributed by atoms with Gasteiger partial charge in [0.2, 0.25) is 0 Å². The number of hydrogen-bond acceptors (Lipinski definition) is 3. The van der Waals surface area contributed by atoms with Crippen molar-refractivity contribution in [3.05, 3.63) is 24.3 Å². The highest BCUT2D eigenvalue weighted by Crippen LogP contribution is 2.51. The quantitative estimate of drug-likeness (QED) is 0.150. The number of carbonyl (C=O) groups is 1. The Hall–Kier alpha value is -0.496. The van der Waals surface area contributed by atoms with Gasteiger partial charge in [-0.1, -0.05) is 93.4 Å². The first kappa shape index (κ1) is 31.7. The summed E-state index contributed by atoms with van der Waals surface area (Å²) in [6.45, 7) is 32.0. The zero-order valence-corrected chi connectivity index (χ0v) is 27.8. The molecule has 0 saturated heterocycles. The molecular weight excluding hydrogens is 477 g/mol. The summed E-state index contributed by atoms with van der Waals surface area (Å²) in [6, 6.07) is 0. The van der Waals surface area contributed by atoms with Crippen molar-refractivity contribution in [1.29, 1.82) is 0 Å². The first-order chi connectivity index (χ1) is 16.3. The van der Waals surface area contributed by atoms with Gasteiger partial charge >= 0.3 is 0 Å². The predicted octanol–water partition coefficient (Wildman–Crippen LogP) is 9.32. The van der Waals surface area contributed by atoms with E-state index >= 15 is 0 Å². The van der Waals surface area contributed by atoms with Crippen molar-refractivity contribution in [2.45, 2.75) is 142 Å². The summed E-state index contributed by atoms with van der Waals surface area (Å²) < 4.78 is 14.0. The van der Waals surface area contributed by atoms with Gasteiger partial charge in [-0.05, 0) is 72.9 Å². The smallest absolute Gasteiger partial charge is 0.192 e. The summed E-state index contributed by atoms with van der Waals surface area (Å²) in [4.78, 5) is 12.9. The van der Waals surface area contributed by atoms with Crippen LogP contribution in [-0.2, 0) is 13.6 Å². The number of fused-ring (bicyclic) bond motifs is 1. The first-order valence-corrected chi connectivity index (χ1v) is 20.4. The normalized spacial score (nSPS) is 27.7. The van der Waals surface area contributed by atoms with E-state index in [1.807, 2.05) is 0 Å². The average Bonchev–Trinajstić information content (AvgIpc) is 3.17. The van der Waals surface area contributed by atoms with Gasteiger partial charge in [-0.25, -0.2) is 0 Å². The first-order valence-electron chi connectivity index (χ1n) is 14.6. The molecule has 0 spiro atoms. The zero-order valence-electron chi connectivity index (χ0n) is 25.8. The lowest BCUT2D eigenvalue weighted by Crippen LogP contribution is -2.45. The van der Waals surface area contributed by atoms with Crippen LogP contribution < -0.4 is 0 Å². The van der Waals surface area contributed by atoms with E-state index in [-0.39, 0.29) is 39.9 Å². The fraction of sp³-hybridized carbons (Fsp3) is 0.839. The summed E-state index contributed by atoms with van der Waals surface area (Å²) in [6.07, 6.45) is 11.5. The summed E-state index contributed by atoms with van der Waals surface area (Å²) >= 11 is 0. The highest BCUT2D eigenvalue weighted by Gasteiger charge is 2.53. The molecular formula is C31H58O3Si2. The molecule has 0 aromatic carbocycles. The van der Waals surface area contributed by atoms with Gasteiger partial charge in [0.25, 0.3) is 0 Å². The van der Waals surface area contributed by atoms with Crippen molar-refractivity contribution in [3.63, 3.8) is 0 Å². The van der Waals surface area contributed by atoms with E-state index in [1.165, 1.54) is 19.3 Å². The van der Waals surface area contributed by atoms with Crippen LogP contribution in [0.4, 0.5) is 0 Å². The summed E-state index contributed by atoms with van der Waals surface area (Å²) in [5.74, 6) is 1.56. The van der Waals surface area contributed by atoms with Crippen LogP contribution in [0.15, 0.2) is 24.3 Å². The third kappa shape index (κ3) is 7.54. The summed E-state index contributed by atoms with van der Waals surface area (Å²) in [7, 11) is -3.87. The highest BCUT2D eigenvalue weighted by molar-refractivity contribution is 6.74. The van der Waals surface area contributed by atoms with Crippen LogP contribution in [0.3, 0.4) is 0 Å². The molecule has 2 rings (SSSR count). The Morgan fingerprint density at radius 2 is 1.64 bits per heavy atom. The SMILES string of the molecule is C=C1C[C@H]2[C@H](C=C[C@H](C[C@@H](C)CCCC)O[Si](C)(C)C(C)(C)C)[C@H](O[Si](C)(C)C(C)(C)C)C[C@@H]2C1=O. The lowest BCUT2D eigenvalue weighted by Gasteiger charge is -2.40. The fourth-order valence-corrected chi connectivity index (χ4v) is 7.99. The Balaban J connectivity index is 2.35. The number of hydrogen-bond donors (Lipinski definition) is 0. The number of Topliss-reactive ketones (excluding diaryl/α,β-unsaturated/α-hetero) is 1. The van der Waals surface area contributed by atoms with Crippen molar-refractivity contribution < 1.29 is 13.6 Å². The third-order valence-corrected chi connectivity index (χ3v) is 18.8. The van der Waals surface area contributed by atoms with E-state index < -0.39 is 16.6 Å². The van der Waals surface area contributed by atoms with Crippen LogP contribution in [-0.4, -0.2) is 34.6 Å². The minimum atomic E-state index is -1.95. The van der Waals surface area contributed by atoms with Gasteiger partial charge in [-0.2, -0.15) is 0 Å². The molecule has 6 atom stereocenters. The van der Waals surface area contributed by atoms with E-state index in [0.717, 1.165) is 24.8 Å². The van der Waals surface area contributed by atoms with Crippen LogP contribution in [0.2, 0.25) is 36.3 Å². The van der Waals surface area contributed by atoms with Gasteiger partial charge < -0.3 is 8.85 Å². The van der Waals surface area contributed by atoms with Gasteiger partial charge in [0.15, 0.2) is 22.4 Å². The van der Waals surface area contributed by atoms with Gasteiger partial charge in [0.05, 0.1) is 12.2 Å². The average molecular weight is 535 g/mol. The van der Waals surface area contributed by atoms with Crippen molar-refractivity contribution in [2.24, 2.45) is 23.7 Å². The Bertz CT molecular complexity index is 800. The Morgan fingerprint density at radius 1 is 1.06 bits per heavy atom. The second kappa shape index (κ2) is 11.7. The van der Waals surface area contributed by atoms with Gasteiger partial charge in [0, 0.05) is 11.8 Å². The van der Waals surface area contributed by atoms with Crippen LogP contribution >= 0.6 is 0 Å². The van der Waals surface area contributed by atoms with Crippen molar-refractivity contribution >= 4 is 22.4 Å². The van der Waals surface area contributed by atoms with E-state index in [2.05, 4.69) is 100 Å². The van der Waals surface area contributed by atoms with Gasteiger partial charge in [0.1, 0.15) is 0 Å². The molecule has 0 N–H and O–H groups in total. The Morgan fingerprint density at radius 3 is 2.17 bits per heavy atom. The van der Waals surface area contributed by atoms with Crippen molar-refractivity contribution in [2.75, 3.05) is 0 Å². The third-order valence-electron chi connectivity index (χ3n) is 9.83. The predicted molar refractivity (Wildman–Crippen MR) is 160 cm³/mol. The number of rotatable bonds is 11. The lowest BCUT2D eigenvalue weighted by atomic mass is 9.89. The molecule has 0 radical (unpaired) electrons. The largest absolute Gasteiger partial charge is 0.413 e. The second-order valence-electron chi connectivity index (χ2n) is 15.0. The Labute approximate surface area is 226 Å². The molecule has 2 aliphatic carbocycles. The Kier molecular flexibility index (Phi) is 10.3. The molecule has 208 valence electrons. The molecule has 0 amide bonds. The molecule has 2 fully saturated rings. The molecule has 0 aromatic rings. The van der Waals surface area contributed by atoms with Crippen molar-refractivity contribution in [3.8, 4) is 0 Å². The number of ketones is 1. The maximum absolute atomic E-state index is 12.9. The highest BCUT2D eigenvalue weighted by atomic mass is 28.4. The van der Waals surface area contributed by atoms with Gasteiger partial charge in [-0.3, -0.25) is 4.79 Å². The minimum Gasteiger partial charge on any atom is -0.413 e. The van der Waals surface area contributed by atoms with Crippen LogP contribution in [0.5, 0.6) is 0 Å². The van der Waals surface area contributed by atoms with Crippen LogP contribution in [0.25, 0.3) is 0 Å². The van der Waals surface area contributed by atoms with E-state index in [1.54, 1.807) is 0 Å². The molecule has 0 aliphatic heterocycles. The monoisotopic (exact) mass is 534 g/mol. The topological polar surface area (TPSA) is 35.5 Å². The fourth-order valence-electron chi connectivity index (χ4n) is 5.34. The molecule has 2 aliphatic rings. The molecule has 3 nitrogen and oxygen atoms in total. The number of carbonyl (C=O) groups excluding carboxylic acids is 1. The van der Waals surface area contributed by atoms with Crippen LogP contribution in [0.1, 0.15) is 93.9 Å². The van der Waals surface area contributed by atoms with E-state index in [4.69, 9.17) is 8.85 Å². The molecule has 0 heterocycles. The summed E-state index contributed by atoms with van der Waals surface area (Å²) in [5, 5.41) is 0.322. The maximum Gasteiger partial charge on any atom is 0.192 e. The lowest BCUT2D eigenvalue weighted by molar-refractivity contribution is -0.118. The minimum absolute atomic E-state index is 0.0742. The molecule has 0 aromatic heterocycles. The molecule has 36 heavy (non-hydrogen) atoms. The molecule has 0 bridgehead atoms. The molecule has 5 heteroatoms. The molecule has 2 saturated carbocycles. The zero-order chi connectivity index (χ0) is 27.7. The second-order valence-corrected chi connectivity index (χ2v) is 24.5. The van der Waals surface area contributed by atoms with Gasteiger partial charge in [-0.15, -0.1) is 0 Å². The standard InChI is InChI=1S/C31H58O3Si2/c1-14-15-16-22(2)19-24(33-35(10,11)30(4,5)6)17-18-25-26-20-23(3)29(32)27(26)21-28(25)34-36(12,13)31(7,8)9/h17-18,22,24-28H,3,14-16,19-21H2,1-2,4-13H3/t22-,24+,25-,26-,27-,28+/m0/s1. The maximum atomic E-state index is 12.9. The molecule has 0 unspecified atom stereocenters.